The van der Waals surface area contributed by atoms with Gasteiger partial charge in [-0.05, 0) is 56.2 Å². The van der Waals surface area contributed by atoms with Gasteiger partial charge in [0, 0.05) is 43.7 Å². The molecule has 2 aromatic carbocycles. The number of carbonyl (C=O) groups is 2. The molecule has 1 aliphatic heterocycles. The third kappa shape index (κ3) is 4.53. The molecule has 1 unspecified atom stereocenters. The average molecular weight is 501 g/mol. The first-order chi connectivity index (χ1) is 17.2. The lowest BCUT2D eigenvalue weighted by Crippen LogP contribution is -2.40. The molecule has 1 atom stereocenters. The highest BCUT2D eigenvalue weighted by Gasteiger charge is 2.39. The van der Waals surface area contributed by atoms with E-state index in [1.54, 1.807) is 24.3 Å². The molecule has 4 rings (SSSR count). The number of aromatic nitrogens is 1. The van der Waals surface area contributed by atoms with Crippen molar-refractivity contribution in [3.8, 4) is 0 Å². The lowest BCUT2D eigenvalue weighted by molar-refractivity contribution is -0.119. The fourth-order valence-corrected chi connectivity index (χ4v) is 6.12. The highest BCUT2D eigenvalue weighted by Crippen LogP contribution is 2.42. The predicted octanol–water partition coefficient (Wildman–Crippen LogP) is 5.13. The van der Waals surface area contributed by atoms with Gasteiger partial charge < -0.3 is 14.6 Å². The van der Waals surface area contributed by atoms with Gasteiger partial charge in [-0.25, -0.2) is 4.79 Å². The van der Waals surface area contributed by atoms with Crippen LogP contribution in [0.25, 0.3) is 12.2 Å². The van der Waals surface area contributed by atoms with E-state index < -0.39 is 5.97 Å². The summed E-state index contributed by atoms with van der Waals surface area (Å²) in [5.41, 5.74) is 3.36. The Balaban J connectivity index is 1.75. The van der Waals surface area contributed by atoms with Gasteiger partial charge in [-0.3, -0.25) is 4.79 Å². The summed E-state index contributed by atoms with van der Waals surface area (Å²) < 4.78 is 2.05. The molecule has 1 N–H and O–H groups in total. The van der Waals surface area contributed by atoms with Gasteiger partial charge in [0.1, 0.15) is 6.54 Å². The second-order valence-electron chi connectivity index (χ2n) is 9.34. The van der Waals surface area contributed by atoms with Gasteiger partial charge in [-0.15, -0.1) is 0 Å². The van der Waals surface area contributed by atoms with Gasteiger partial charge in [-0.1, -0.05) is 68.6 Å². The summed E-state index contributed by atoms with van der Waals surface area (Å²) in [5, 5.41) is 11.3. The number of anilines is 1. The molecule has 2 heterocycles. The molecule has 0 saturated carbocycles. The lowest BCUT2D eigenvalue weighted by Gasteiger charge is -2.24. The number of fused-ring (bicyclic) bond motifs is 1. The summed E-state index contributed by atoms with van der Waals surface area (Å²) in [4.78, 5) is 29.0. The molecular formula is C30H32N2O3S. The zero-order valence-corrected chi connectivity index (χ0v) is 22.1. The Morgan fingerprint density at radius 1 is 1.19 bits per heavy atom. The number of carboxylic acids is 1. The number of para-hydroxylation sites is 1. The molecule has 5 nitrogen and oxygen atoms in total. The van der Waals surface area contributed by atoms with Gasteiger partial charge >= 0.3 is 5.97 Å². The van der Waals surface area contributed by atoms with Crippen molar-refractivity contribution in [3.05, 3.63) is 88.6 Å². The highest BCUT2D eigenvalue weighted by atomic mass is 32.2. The normalized spacial score (nSPS) is 17.9. The molecule has 0 spiro atoms. The number of benzene rings is 2. The first kappa shape index (κ1) is 25.6. The van der Waals surface area contributed by atoms with Crippen LogP contribution in [0.1, 0.15) is 48.8 Å². The van der Waals surface area contributed by atoms with Crippen LogP contribution in [0.5, 0.6) is 0 Å². The van der Waals surface area contributed by atoms with E-state index in [0.29, 0.717) is 6.54 Å². The minimum Gasteiger partial charge on any atom is -0.478 e. The first-order valence-electron chi connectivity index (χ1n) is 12.1. The molecule has 0 fully saturated rings. The zero-order valence-electron chi connectivity index (χ0n) is 21.2. The number of carbonyl (C=O) groups excluding carboxylic acids is 1. The van der Waals surface area contributed by atoms with Crippen LogP contribution in [-0.2, 0) is 16.8 Å². The second-order valence-corrected chi connectivity index (χ2v) is 10.4. The summed E-state index contributed by atoms with van der Waals surface area (Å²) in [7, 11) is 0. The maximum atomic E-state index is 13.8. The third-order valence-corrected chi connectivity index (χ3v) is 8.35. The summed E-state index contributed by atoms with van der Waals surface area (Å²) in [6.07, 6.45) is 6.66. The fraction of sp³-hybridized carbons (Fsp3) is 0.267. The maximum absolute atomic E-state index is 13.8. The van der Waals surface area contributed by atoms with Crippen LogP contribution in [0.2, 0.25) is 0 Å². The van der Waals surface area contributed by atoms with Gasteiger partial charge in [-0.2, -0.15) is 0 Å². The molecule has 186 valence electrons. The number of allylic oxidation sites excluding steroid dienone is 1. The van der Waals surface area contributed by atoms with Crippen molar-refractivity contribution in [2.75, 3.05) is 11.4 Å². The van der Waals surface area contributed by atoms with Crippen LogP contribution in [0.4, 0.5) is 5.69 Å². The van der Waals surface area contributed by atoms with E-state index in [1.165, 1.54) is 17.3 Å². The van der Waals surface area contributed by atoms with Gasteiger partial charge in [0.25, 0.3) is 0 Å². The standard InChI is InChI=1S/C30H32N2O3S/c1-6-12-25-23(7-2)28(36-22-14-11-13-21(17-22)29(34)35)20(4)31(25)18-27(33)32-19-30(5,8-3)24-15-9-10-16-26(24)32/h6-7,9-17H,1,8,18-19H2,2-5H3,(H,34,35)/b23-7+,25-12+. The molecule has 1 amide bonds. The van der Waals surface area contributed by atoms with Crippen molar-refractivity contribution in [2.45, 2.75) is 55.9 Å². The Morgan fingerprint density at radius 3 is 2.61 bits per heavy atom. The number of nitrogens with zero attached hydrogens (tertiary/aromatic N) is 2. The monoisotopic (exact) mass is 500 g/mol. The highest BCUT2D eigenvalue weighted by molar-refractivity contribution is 7.99. The summed E-state index contributed by atoms with van der Waals surface area (Å²) >= 11 is 1.51. The summed E-state index contributed by atoms with van der Waals surface area (Å²) in [6.45, 7) is 13.1. The SMILES string of the molecule is C=C/C=c1\c(=C/C)c(Sc2cccc(C(=O)O)c2)c(C)n1CC(=O)N1CC(C)(CC)c2ccccc21. The van der Waals surface area contributed by atoms with Crippen LogP contribution in [0.3, 0.4) is 0 Å². The van der Waals surface area contributed by atoms with Crippen molar-refractivity contribution in [3.63, 3.8) is 0 Å². The van der Waals surface area contributed by atoms with Crippen molar-refractivity contribution in [2.24, 2.45) is 0 Å². The molecule has 0 radical (unpaired) electrons. The average Bonchev–Trinajstić information content (AvgIpc) is 3.31. The van der Waals surface area contributed by atoms with E-state index in [2.05, 4.69) is 26.5 Å². The molecule has 1 aliphatic rings. The van der Waals surface area contributed by atoms with Gasteiger partial charge in [0.15, 0.2) is 0 Å². The molecule has 0 saturated heterocycles. The molecule has 0 aliphatic carbocycles. The van der Waals surface area contributed by atoms with Gasteiger partial charge in [0.2, 0.25) is 5.91 Å². The predicted molar refractivity (Wildman–Crippen MR) is 147 cm³/mol. The largest absolute Gasteiger partial charge is 0.478 e. The molecule has 36 heavy (non-hydrogen) atoms. The van der Waals surface area contributed by atoms with E-state index in [1.807, 2.05) is 59.7 Å². The third-order valence-electron chi connectivity index (χ3n) is 7.14. The fourth-order valence-electron chi connectivity index (χ4n) is 4.96. The maximum Gasteiger partial charge on any atom is 0.335 e. The molecule has 0 bridgehead atoms. The number of amides is 1. The van der Waals surface area contributed by atoms with Crippen LogP contribution < -0.4 is 15.5 Å². The van der Waals surface area contributed by atoms with E-state index in [0.717, 1.165) is 38.2 Å². The lowest BCUT2D eigenvalue weighted by atomic mass is 9.82. The van der Waals surface area contributed by atoms with E-state index in [-0.39, 0.29) is 23.4 Å². The Kier molecular flexibility index (Phi) is 7.27. The van der Waals surface area contributed by atoms with E-state index >= 15 is 0 Å². The quantitative estimate of drug-likeness (QED) is 0.489. The zero-order chi connectivity index (χ0) is 26.0. The first-order valence-corrected chi connectivity index (χ1v) is 12.9. The molecule has 3 aromatic rings. The number of rotatable bonds is 7. The van der Waals surface area contributed by atoms with Gasteiger partial charge in [0.05, 0.1) is 5.56 Å². The van der Waals surface area contributed by atoms with E-state index in [4.69, 9.17) is 0 Å². The summed E-state index contributed by atoms with van der Waals surface area (Å²) in [5.74, 6) is -0.909. The van der Waals surface area contributed by atoms with E-state index in [9.17, 15) is 14.7 Å². The van der Waals surface area contributed by atoms with Crippen LogP contribution in [-0.4, -0.2) is 28.1 Å². The number of hydrogen-bond donors (Lipinski definition) is 1. The smallest absolute Gasteiger partial charge is 0.335 e. The molecular weight excluding hydrogens is 468 g/mol. The molecule has 6 heteroatoms. The number of hydrogen-bond acceptors (Lipinski definition) is 3. The van der Waals surface area contributed by atoms with Crippen LogP contribution in [0, 0.1) is 6.92 Å². The Morgan fingerprint density at radius 2 is 1.94 bits per heavy atom. The Bertz CT molecular complexity index is 1470. The molecule has 1 aromatic heterocycles. The number of aromatic carboxylic acids is 1. The Hall–Kier alpha value is -3.51. The van der Waals surface area contributed by atoms with Crippen molar-refractivity contribution in [1.82, 2.24) is 4.57 Å². The van der Waals surface area contributed by atoms with Crippen molar-refractivity contribution < 1.29 is 14.7 Å². The number of carboxylic acid groups (broad SMARTS) is 1. The second kappa shape index (κ2) is 10.2. The van der Waals surface area contributed by atoms with Crippen molar-refractivity contribution >= 4 is 41.5 Å². The Labute approximate surface area is 216 Å². The van der Waals surface area contributed by atoms with Crippen LogP contribution >= 0.6 is 11.8 Å². The summed E-state index contributed by atoms with van der Waals surface area (Å²) in [6, 6.07) is 15.1. The minimum atomic E-state index is -0.953. The van der Waals surface area contributed by atoms with Crippen LogP contribution in [0.15, 0.2) is 71.0 Å². The minimum absolute atomic E-state index is 0.0449. The topological polar surface area (TPSA) is 62.5 Å². The van der Waals surface area contributed by atoms with Crippen molar-refractivity contribution in [1.29, 1.82) is 0 Å².